The van der Waals surface area contributed by atoms with E-state index < -0.39 is 23.6 Å². The van der Waals surface area contributed by atoms with Crippen LogP contribution in [0.4, 0.5) is 19.3 Å². The number of para-hydroxylation sites is 1. The Morgan fingerprint density at radius 3 is 2.43 bits per heavy atom. The second-order valence-corrected chi connectivity index (χ2v) is 8.92. The molecule has 2 aliphatic carbocycles. The van der Waals surface area contributed by atoms with Gasteiger partial charge in [-0.15, -0.1) is 0 Å². The van der Waals surface area contributed by atoms with E-state index in [0.29, 0.717) is 25.4 Å². The van der Waals surface area contributed by atoms with Crippen LogP contribution in [0.2, 0.25) is 0 Å². The summed E-state index contributed by atoms with van der Waals surface area (Å²) >= 11 is 0. The zero-order valence-corrected chi connectivity index (χ0v) is 19.7. The van der Waals surface area contributed by atoms with Crippen molar-refractivity contribution in [3.63, 3.8) is 0 Å². The quantitative estimate of drug-likeness (QED) is 0.393. The molecule has 0 aromatic heterocycles. The molecular formula is C26H30F2N4O3. The molecule has 35 heavy (non-hydrogen) atoms. The normalized spacial score (nSPS) is 20.1. The second kappa shape index (κ2) is 11.3. The smallest absolute Gasteiger partial charge is 0.407 e. The first-order chi connectivity index (χ1) is 16.9. The summed E-state index contributed by atoms with van der Waals surface area (Å²) in [5.74, 6) is -1.95. The van der Waals surface area contributed by atoms with E-state index in [1.165, 1.54) is 6.07 Å². The van der Waals surface area contributed by atoms with Crippen molar-refractivity contribution in [3.05, 3.63) is 65.2 Å². The van der Waals surface area contributed by atoms with E-state index in [9.17, 15) is 18.4 Å². The zero-order valence-electron chi connectivity index (χ0n) is 19.7. The van der Waals surface area contributed by atoms with E-state index >= 15 is 0 Å². The molecule has 2 aliphatic rings. The third-order valence-corrected chi connectivity index (χ3v) is 6.25. The number of carbonyl (C=O) groups excluding carboxylic acids is 2. The number of alkyl carbamates (subject to hydrolysis) is 1. The number of carbonyl (C=O) groups is 2. The van der Waals surface area contributed by atoms with E-state index in [0.717, 1.165) is 49.1 Å². The highest BCUT2D eigenvalue weighted by atomic mass is 19.2. The monoisotopic (exact) mass is 484 g/mol. The van der Waals surface area contributed by atoms with E-state index in [2.05, 4.69) is 22.0 Å². The van der Waals surface area contributed by atoms with Gasteiger partial charge in [0.15, 0.2) is 11.6 Å². The lowest BCUT2D eigenvalue weighted by molar-refractivity contribution is 0.0976. The van der Waals surface area contributed by atoms with Gasteiger partial charge in [0, 0.05) is 17.3 Å². The molecule has 2 amide bonds. The highest BCUT2D eigenvalue weighted by molar-refractivity contribution is 6.10. The lowest BCUT2D eigenvalue weighted by Crippen LogP contribution is -2.40. The standard InChI is InChI=1S/C26H30F2N4O3/c1-2-35-26(34)30-19-12-10-18(11-13-19)29-25(31-23-6-4-3-5-20(23)16-7-8-16)32-24(33)17-9-14-21(27)22(28)15-17/h3-6,9,14-16,18-19H,2,7-8,10-13H2,1H3,(H,30,34)(H2,29,31,32,33). The van der Waals surface area contributed by atoms with Crippen LogP contribution in [0.15, 0.2) is 47.5 Å². The molecule has 4 rings (SSSR count). The van der Waals surface area contributed by atoms with Gasteiger partial charge in [-0.2, -0.15) is 0 Å². The van der Waals surface area contributed by atoms with Crippen LogP contribution in [0.25, 0.3) is 0 Å². The minimum atomic E-state index is -1.09. The number of hydrogen-bond acceptors (Lipinski definition) is 4. The van der Waals surface area contributed by atoms with Crippen molar-refractivity contribution in [3.8, 4) is 0 Å². The van der Waals surface area contributed by atoms with Crippen molar-refractivity contribution in [1.82, 2.24) is 10.6 Å². The summed E-state index contributed by atoms with van der Waals surface area (Å²) in [6, 6.07) is 10.9. The minimum Gasteiger partial charge on any atom is -0.450 e. The van der Waals surface area contributed by atoms with Gasteiger partial charge < -0.3 is 15.4 Å². The molecule has 0 saturated heterocycles. The van der Waals surface area contributed by atoms with Crippen LogP contribution in [-0.2, 0) is 4.74 Å². The summed E-state index contributed by atoms with van der Waals surface area (Å²) in [5.41, 5.74) is 2.01. The Morgan fingerprint density at radius 2 is 1.74 bits per heavy atom. The maximum absolute atomic E-state index is 13.7. The number of rotatable bonds is 6. The molecule has 0 heterocycles. The summed E-state index contributed by atoms with van der Waals surface area (Å²) < 4.78 is 32.0. The Labute approximate surface area is 203 Å². The molecule has 0 radical (unpaired) electrons. The number of aliphatic imine (C=N–C) groups is 1. The highest BCUT2D eigenvalue weighted by Gasteiger charge is 2.27. The van der Waals surface area contributed by atoms with Gasteiger partial charge in [-0.05, 0) is 81.2 Å². The molecule has 3 N–H and O–H groups in total. The molecule has 7 nitrogen and oxygen atoms in total. The van der Waals surface area contributed by atoms with Crippen molar-refractivity contribution < 1.29 is 23.1 Å². The van der Waals surface area contributed by atoms with E-state index in [1.54, 1.807) is 6.92 Å². The first-order valence-electron chi connectivity index (χ1n) is 12.1. The lowest BCUT2D eigenvalue weighted by Gasteiger charge is -2.27. The van der Waals surface area contributed by atoms with Gasteiger partial charge in [0.1, 0.15) is 0 Å². The maximum atomic E-state index is 13.7. The van der Waals surface area contributed by atoms with Crippen molar-refractivity contribution >= 4 is 23.6 Å². The summed E-state index contributed by atoms with van der Waals surface area (Å²) in [7, 11) is 0. The average molecular weight is 485 g/mol. The third-order valence-electron chi connectivity index (χ3n) is 6.25. The van der Waals surface area contributed by atoms with Crippen LogP contribution < -0.4 is 16.0 Å². The Bertz CT molecular complexity index is 1100. The number of amides is 2. The average Bonchev–Trinajstić information content (AvgIpc) is 3.68. The molecule has 2 aromatic rings. The fourth-order valence-electron chi connectivity index (χ4n) is 4.27. The predicted octanol–water partition coefficient (Wildman–Crippen LogP) is 5.10. The van der Waals surface area contributed by atoms with Crippen LogP contribution >= 0.6 is 0 Å². The van der Waals surface area contributed by atoms with Gasteiger partial charge in [-0.3, -0.25) is 10.1 Å². The van der Waals surface area contributed by atoms with Crippen LogP contribution in [0.1, 0.15) is 67.3 Å². The largest absolute Gasteiger partial charge is 0.450 e. The first-order valence-corrected chi connectivity index (χ1v) is 12.1. The number of nitrogens with zero attached hydrogens (tertiary/aromatic N) is 1. The number of guanidine groups is 1. The van der Waals surface area contributed by atoms with E-state index in [4.69, 9.17) is 9.73 Å². The van der Waals surface area contributed by atoms with Gasteiger partial charge in [-0.25, -0.2) is 18.6 Å². The van der Waals surface area contributed by atoms with E-state index in [-0.39, 0.29) is 23.6 Å². The molecule has 9 heteroatoms. The molecule has 0 unspecified atom stereocenters. The molecule has 2 fully saturated rings. The Hall–Kier alpha value is -3.49. The zero-order chi connectivity index (χ0) is 24.8. The van der Waals surface area contributed by atoms with Gasteiger partial charge >= 0.3 is 6.09 Å². The van der Waals surface area contributed by atoms with Gasteiger partial charge in [0.05, 0.1) is 12.6 Å². The third kappa shape index (κ3) is 6.77. The number of nitrogens with one attached hydrogen (secondary N) is 3. The fraction of sp³-hybridized carbons (Fsp3) is 0.423. The van der Waals surface area contributed by atoms with Crippen LogP contribution in [-0.4, -0.2) is 36.7 Å². The summed E-state index contributed by atoms with van der Waals surface area (Å²) in [4.78, 5) is 29.3. The fourth-order valence-corrected chi connectivity index (χ4v) is 4.27. The number of halogens is 2. The molecular weight excluding hydrogens is 454 g/mol. The number of anilines is 1. The maximum Gasteiger partial charge on any atom is 0.407 e. The Morgan fingerprint density at radius 1 is 1.00 bits per heavy atom. The molecule has 0 spiro atoms. The van der Waals surface area contributed by atoms with Gasteiger partial charge in [0.2, 0.25) is 5.96 Å². The second-order valence-electron chi connectivity index (χ2n) is 8.92. The summed E-state index contributed by atoms with van der Waals surface area (Å²) in [6.45, 7) is 2.08. The summed E-state index contributed by atoms with van der Waals surface area (Å²) in [6.07, 6.45) is 4.71. The van der Waals surface area contributed by atoms with Crippen molar-refractivity contribution in [2.24, 2.45) is 4.99 Å². The number of benzene rings is 2. The van der Waals surface area contributed by atoms with Gasteiger partial charge in [0.25, 0.3) is 5.91 Å². The summed E-state index contributed by atoms with van der Waals surface area (Å²) in [5, 5.41) is 8.87. The number of hydrogen-bond donors (Lipinski definition) is 3. The Kier molecular flexibility index (Phi) is 7.94. The predicted molar refractivity (Wildman–Crippen MR) is 130 cm³/mol. The van der Waals surface area contributed by atoms with Crippen molar-refractivity contribution in [1.29, 1.82) is 0 Å². The Balaban J connectivity index is 1.49. The van der Waals surface area contributed by atoms with E-state index in [1.807, 2.05) is 18.2 Å². The highest BCUT2D eigenvalue weighted by Crippen LogP contribution is 2.43. The van der Waals surface area contributed by atoms with Crippen LogP contribution in [0.5, 0.6) is 0 Å². The van der Waals surface area contributed by atoms with Crippen molar-refractivity contribution in [2.45, 2.75) is 63.5 Å². The molecule has 2 aromatic carbocycles. The topological polar surface area (TPSA) is 91.8 Å². The number of ether oxygens (including phenoxy) is 1. The van der Waals surface area contributed by atoms with Crippen LogP contribution in [0, 0.1) is 11.6 Å². The molecule has 0 bridgehead atoms. The molecule has 2 saturated carbocycles. The van der Waals surface area contributed by atoms with Crippen LogP contribution in [0.3, 0.4) is 0 Å². The first kappa shape index (κ1) is 24.6. The lowest BCUT2D eigenvalue weighted by atomic mass is 9.92. The van der Waals surface area contributed by atoms with Gasteiger partial charge in [-0.1, -0.05) is 18.2 Å². The SMILES string of the molecule is CCOC(=O)NC1CCC(N=C(NC(=O)c2ccc(F)c(F)c2)Nc2ccccc2C2CC2)CC1. The molecule has 186 valence electrons. The molecule has 0 atom stereocenters. The minimum absolute atomic E-state index is 0.00350. The molecule has 0 aliphatic heterocycles. The van der Waals surface area contributed by atoms with Crippen molar-refractivity contribution in [2.75, 3.05) is 11.9 Å².